The summed E-state index contributed by atoms with van der Waals surface area (Å²) in [4.78, 5) is 11.0. The minimum absolute atomic E-state index is 0.0729. The zero-order valence-corrected chi connectivity index (χ0v) is 11.1. The molecule has 4 aliphatic carbocycles. The van der Waals surface area contributed by atoms with Gasteiger partial charge in [0, 0.05) is 0 Å². The van der Waals surface area contributed by atoms with Crippen molar-refractivity contribution in [3.8, 4) is 0 Å². The highest BCUT2D eigenvalue weighted by Crippen LogP contribution is 2.59. The van der Waals surface area contributed by atoms with Gasteiger partial charge in [-0.15, -0.1) is 0 Å². The maximum atomic E-state index is 11.0. The fourth-order valence-electron chi connectivity index (χ4n) is 5.54. The number of aliphatic hydroxyl groups is 1. The van der Waals surface area contributed by atoms with Crippen molar-refractivity contribution in [2.45, 2.75) is 57.5 Å². The predicted molar refractivity (Wildman–Crippen MR) is 68.0 cm³/mol. The van der Waals surface area contributed by atoms with E-state index in [2.05, 4.69) is 0 Å². The molecule has 2 N–H and O–H groups in total. The maximum absolute atomic E-state index is 11.0. The number of carboxylic acid groups (broad SMARTS) is 1. The van der Waals surface area contributed by atoms with Gasteiger partial charge in [0.05, 0.1) is 12.0 Å². The van der Waals surface area contributed by atoms with Crippen LogP contribution in [-0.2, 0) is 4.79 Å². The van der Waals surface area contributed by atoms with Crippen LogP contribution < -0.4 is 0 Å². The van der Waals surface area contributed by atoms with Gasteiger partial charge in [0.1, 0.15) is 0 Å². The van der Waals surface area contributed by atoms with E-state index in [4.69, 9.17) is 5.11 Å². The number of carbonyl (C=O) groups is 1. The monoisotopic (exact) mass is 252 g/mol. The van der Waals surface area contributed by atoms with Crippen molar-refractivity contribution >= 4 is 5.97 Å². The lowest BCUT2D eigenvalue weighted by Crippen LogP contribution is -2.55. The molecule has 0 amide bonds. The summed E-state index contributed by atoms with van der Waals surface area (Å²) < 4.78 is 0. The Hall–Kier alpha value is -0.570. The molecule has 102 valence electrons. The lowest BCUT2D eigenvalue weighted by Gasteiger charge is -2.58. The van der Waals surface area contributed by atoms with E-state index < -0.39 is 11.6 Å². The predicted octanol–water partition coefficient (Wildman–Crippen LogP) is 2.67. The molecule has 4 fully saturated rings. The highest BCUT2D eigenvalue weighted by molar-refractivity contribution is 5.68. The molecule has 0 radical (unpaired) electrons. The maximum Gasteiger partial charge on any atom is 0.306 e. The molecule has 0 heterocycles. The van der Waals surface area contributed by atoms with Gasteiger partial charge < -0.3 is 10.2 Å². The number of hydrogen-bond acceptors (Lipinski definition) is 2. The van der Waals surface area contributed by atoms with Crippen molar-refractivity contribution in [3.63, 3.8) is 0 Å². The summed E-state index contributed by atoms with van der Waals surface area (Å²) in [6.45, 7) is 1.94. The van der Waals surface area contributed by atoms with Crippen LogP contribution in [0.5, 0.6) is 0 Å². The first-order chi connectivity index (χ1) is 8.51. The van der Waals surface area contributed by atoms with Gasteiger partial charge in [0.25, 0.3) is 0 Å². The van der Waals surface area contributed by atoms with Gasteiger partial charge in [-0.2, -0.15) is 0 Å². The summed E-state index contributed by atoms with van der Waals surface area (Å²) in [6, 6.07) is 0. The van der Waals surface area contributed by atoms with Crippen molar-refractivity contribution in [2.24, 2.45) is 29.6 Å². The second-order valence-corrected chi connectivity index (χ2v) is 6.98. The first kappa shape index (κ1) is 12.5. The largest absolute Gasteiger partial charge is 0.481 e. The van der Waals surface area contributed by atoms with Crippen LogP contribution in [-0.4, -0.2) is 21.8 Å². The first-order valence-corrected chi connectivity index (χ1v) is 7.46. The Kier molecular flexibility index (Phi) is 2.92. The first-order valence-electron chi connectivity index (χ1n) is 7.46. The fraction of sp³-hybridized carbons (Fsp3) is 0.933. The summed E-state index contributed by atoms with van der Waals surface area (Å²) in [6.07, 6.45) is 6.84. The van der Waals surface area contributed by atoms with Gasteiger partial charge >= 0.3 is 5.97 Å². The molecule has 4 rings (SSSR count). The molecular weight excluding hydrogens is 228 g/mol. The Morgan fingerprint density at radius 2 is 1.61 bits per heavy atom. The summed E-state index contributed by atoms with van der Waals surface area (Å²) in [5, 5.41) is 19.9. The van der Waals surface area contributed by atoms with E-state index in [0.29, 0.717) is 18.3 Å². The molecule has 0 aliphatic heterocycles. The van der Waals surface area contributed by atoms with Gasteiger partial charge in [0.2, 0.25) is 0 Å². The molecule has 18 heavy (non-hydrogen) atoms. The van der Waals surface area contributed by atoms with E-state index in [1.54, 1.807) is 0 Å². The van der Waals surface area contributed by atoms with Crippen LogP contribution in [0, 0.1) is 29.6 Å². The molecule has 0 aromatic carbocycles. The van der Waals surface area contributed by atoms with Crippen LogP contribution in [0.3, 0.4) is 0 Å². The van der Waals surface area contributed by atoms with Crippen molar-refractivity contribution in [1.29, 1.82) is 0 Å². The zero-order chi connectivity index (χ0) is 12.9. The van der Waals surface area contributed by atoms with Gasteiger partial charge in [-0.3, -0.25) is 4.79 Å². The van der Waals surface area contributed by atoms with Crippen molar-refractivity contribution in [1.82, 2.24) is 0 Å². The SMILES string of the molecule is CCC(O)(CC(=O)O)C1C2CC3CC(C2)CC1C3. The number of hydrogen-bond donors (Lipinski definition) is 2. The lowest BCUT2D eigenvalue weighted by molar-refractivity contribution is -0.165. The molecule has 1 unspecified atom stereocenters. The van der Waals surface area contributed by atoms with E-state index >= 15 is 0 Å². The molecule has 0 aromatic rings. The Labute approximate surface area is 109 Å². The van der Waals surface area contributed by atoms with E-state index in [1.807, 2.05) is 6.92 Å². The fourth-order valence-corrected chi connectivity index (χ4v) is 5.54. The third-order valence-electron chi connectivity index (χ3n) is 5.92. The molecule has 3 nitrogen and oxygen atoms in total. The van der Waals surface area contributed by atoms with E-state index in [9.17, 15) is 9.90 Å². The zero-order valence-electron chi connectivity index (χ0n) is 11.1. The molecule has 4 saturated carbocycles. The van der Waals surface area contributed by atoms with Gasteiger partial charge in [-0.25, -0.2) is 0 Å². The van der Waals surface area contributed by atoms with Crippen molar-refractivity contribution in [2.75, 3.05) is 0 Å². The third kappa shape index (κ3) is 1.87. The smallest absolute Gasteiger partial charge is 0.306 e. The second-order valence-electron chi connectivity index (χ2n) is 6.98. The normalized spacial score (nSPS) is 44.9. The summed E-state index contributed by atoms with van der Waals surface area (Å²) >= 11 is 0. The number of rotatable bonds is 4. The molecule has 0 aromatic heterocycles. The molecular formula is C15H24O3. The van der Waals surface area contributed by atoms with Gasteiger partial charge in [-0.1, -0.05) is 6.92 Å². The minimum atomic E-state index is -0.964. The number of aliphatic carboxylic acids is 1. The lowest BCUT2D eigenvalue weighted by atomic mass is 9.48. The minimum Gasteiger partial charge on any atom is -0.481 e. The van der Waals surface area contributed by atoms with Crippen LogP contribution in [0.2, 0.25) is 0 Å². The Bertz CT molecular complexity index is 324. The molecule has 1 atom stereocenters. The van der Waals surface area contributed by atoms with E-state index in [1.165, 1.54) is 32.1 Å². The van der Waals surface area contributed by atoms with Crippen LogP contribution in [0.4, 0.5) is 0 Å². The summed E-state index contributed by atoms with van der Waals surface area (Å²) in [7, 11) is 0. The average Bonchev–Trinajstić information content (AvgIpc) is 2.26. The van der Waals surface area contributed by atoms with Crippen LogP contribution >= 0.6 is 0 Å². The van der Waals surface area contributed by atoms with Crippen LogP contribution in [0.15, 0.2) is 0 Å². The highest BCUT2D eigenvalue weighted by Gasteiger charge is 2.55. The molecule has 4 aliphatic rings. The molecule has 0 saturated heterocycles. The standard InChI is InChI=1S/C15H24O3/c1-2-15(18,8-13(16)17)14-11-4-9-3-10(6-11)7-12(14)5-9/h9-12,14,18H,2-8H2,1H3,(H,16,17). The Morgan fingerprint density at radius 1 is 1.11 bits per heavy atom. The highest BCUT2D eigenvalue weighted by atomic mass is 16.4. The molecule has 0 spiro atoms. The second kappa shape index (κ2) is 4.22. The van der Waals surface area contributed by atoms with Gasteiger partial charge in [0.15, 0.2) is 0 Å². The van der Waals surface area contributed by atoms with Crippen LogP contribution in [0.1, 0.15) is 51.9 Å². The van der Waals surface area contributed by atoms with Crippen LogP contribution in [0.25, 0.3) is 0 Å². The average molecular weight is 252 g/mol. The Morgan fingerprint density at radius 3 is 2.00 bits per heavy atom. The van der Waals surface area contributed by atoms with Crippen molar-refractivity contribution < 1.29 is 15.0 Å². The molecule has 3 heteroatoms. The topological polar surface area (TPSA) is 57.5 Å². The van der Waals surface area contributed by atoms with E-state index in [0.717, 1.165) is 11.8 Å². The molecule has 4 bridgehead atoms. The van der Waals surface area contributed by atoms with Crippen molar-refractivity contribution in [3.05, 3.63) is 0 Å². The summed E-state index contributed by atoms with van der Waals surface area (Å²) in [5.41, 5.74) is -0.964. The quantitative estimate of drug-likeness (QED) is 0.808. The third-order valence-corrected chi connectivity index (χ3v) is 5.92. The Balaban J connectivity index is 1.84. The number of carboxylic acids is 1. The summed E-state index contributed by atoms with van der Waals surface area (Å²) in [5.74, 6) is 2.31. The van der Waals surface area contributed by atoms with E-state index in [-0.39, 0.29) is 12.3 Å². The van der Waals surface area contributed by atoms with Gasteiger partial charge in [-0.05, 0) is 68.1 Å².